The summed E-state index contributed by atoms with van der Waals surface area (Å²) in [7, 11) is -5.73. The molecular formula is C14H13F3N2O4S. The Morgan fingerprint density at radius 1 is 1.33 bits per heavy atom. The fourth-order valence-electron chi connectivity index (χ4n) is 1.97. The predicted molar refractivity (Wildman–Crippen MR) is 76.8 cm³/mol. The molecule has 1 amide bonds. The number of carbonyl (C=O) groups is 1. The predicted octanol–water partition coefficient (Wildman–Crippen LogP) is 2.33. The van der Waals surface area contributed by atoms with Crippen molar-refractivity contribution in [2.24, 2.45) is 0 Å². The van der Waals surface area contributed by atoms with Crippen LogP contribution in [0.2, 0.25) is 0 Å². The Labute approximate surface area is 135 Å². The molecule has 2 heterocycles. The van der Waals surface area contributed by atoms with Crippen molar-refractivity contribution in [2.45, 2.75) is 29.9 Å². The second kappa shape index (κ2) is 6.63. The Kier molecular flexibility index (Phi) is 4.97. The molecule has 10 heteroatoms. The minimum Gasteiger partial charge on any atom is -0.469 e. The van der Waals surface area contributed by atoms with Gasteiger partial charge in [-0.2, -0.15) is 13.2 Å². The van der Waals surface area contributed by atoms with Crippen molar-refractivity contribution in [3.05, 3.63) is 48.0 Å². The fraction of sp³-hybridized carbons (Fsp3) is 0.286. The lowest BCUT2D eigenvalue weighted by Gasteiger charge is -2.15. The first kappa shape index (κ1) is 18.0. The highest BCUT2D eigenvalue weighted by molar-refractivity contribution is 7.92. The van der Waals surface area contributed by atoms with E-state index in [1.54, 1.807) is 19.1 Å². The van der Waals surface area contributed by atoms with E-state index in [0.29, 0.717) is 12.2 Å². The molecule has 0 radical (unpaired) electrons. The maximum absolute atomic E-state index is 12.7. The molecule has 1 unspecified atom stereocenters. The van der Waals surface area contributed by atoms with Crippen LogP contribution in [0.5, 0.6) is 0 Å². The minimum absolute atomic E-state index is 0.292. The zero-order valence-electron chi connectivity index (χ0n) is 12.4. The molecule has 2 aromatic rings. The van der Waals surface area contributed by atoms with Gasteiger partial charge >= 0.3 is 5.51 Å². The number of hydrogen-bond donors (Lipinski definition) is 1. The van der Waals surface area contributed by atoms with Gasteiger partial charge in [-0.15, -0.1) is 0 Å². The Hall–Kier alpha value is -2.36. The zero-order chi connectivity index (χ0) is 18.0. The van der Waals surface area contributed by atoms with Crippen molar-refractivity contribution >= 4 is 15.7 Å². The molecule has 0 saturated carbocycles. The smallest absolute Gasteiger partial charge is 0.469 e. The largest absolute Gasteiger partial charge is 0.503 e. The van der Waals surface area contributed by atoms with Crippen LogP contribution in [-0.4, -0.2) is 30.9 Å². The van der Waals surface area contributed by atoms with E-state index in [-0.39, 0.29) is 0 Å². The molecule has 0 aliphatic heterocycles. The molecule has 2 rings (SSSR count). The molecule has 2 aromatic heterocycles. The van der Waals surface area contributed by atoms with Crippen molar-refractivity contribution < 1.29 is 30.8 Å². The van der Waals surface area contributed by atoms with Gasteiger partial charge in [-0.05, 0) is 31.2 Å². The minimum atomic E-state index is -5.73. The molecule has 24 heavy (non-hydrogen) atoms. The molecule has 1 N–H and O–H groups in total. The lowest BCUT2D eigenvalue weighted by molar-refractivity contribution is -0.0438. The third-order valence-electron chi connectivity index (χ3n) is 3.04. The van der Waals surface area contributed by atoms with Gasteiger partial charge in [0.2, 0.25) is 0 Å². The topological polar surface area (TPSA) is 89.3 Å². The second-order valence-corrected chi connectivity index (χ2v) is 6.82. The lowest BCUT2D eigenvalue weighted by Crippen LogP contribution is -2.36. The summed E-state index contributed by atoms with van der Waals surface area (Å²) in [6.45, 7) is 1.61. The molecular weight excluding hydrogens is 349 g/mol. The number of furan rings is 1. The van der Waals surface area contributed by atoms with Gasteiger partial charge in [-0.25, -0.2) is 13.4 Å². The highest BCUT2D eigenvalue weighted by Gasteiger charge is 2.49. The molecule has 0 spiro atoms. The van der Waals surface area contributed by atoms with E-state index in [1.165, 1.54) is 12.3 Å². The van der Waals surface area contributed by atoms with E-state index in [2.05, 4.69) is 10.3 Å². The highest BCUT2D eigenvalue weighted by Crippen LogP contribution is 2.30. The number of halogens is 3. The molecule has 0 aliphatic rings. The van der Waals surface area contributed by atoms with Crippen LogP contribution in [0, 0.1) is 0 Å². The van der Waals surface area contributed by atoms with E-state index >= 15 is 0 Å². The molecule has 6 nitrogen and oxygen atoms in total. The number of aromatic nitrogens is 1. The maximum atomic E-state index is 12.7. The second-order valence-electron chi connectivity index (χ2n) is 4.96. The van der Waals surface area contributed by atoms with Gasteiger partial charge < -0.3 is 9.73 Å². The first-order valence-electron chi connectivity index (χ1n) is 6.72. The highest BCUT2D eigenvalue weighted by atomic mass is 32.2. The van der Waals surface area contributed by atoms with Crippen molar-refractivity contribution in [1.29, 1.82) is 0 Å². The number of amides is 1. The van der Waals surface area contributed by atoms with Crippen molar-refractivity contribution in [3.63, 3.8) is 0 Å². The van der Waals surface area contributed by atoms with Crippen LogP contribution in [-0.2, 0) is 16.3 Å². The monoisotopic (exact) mass is 362 g/mol. The Bertz CT molecular complexity index is 817. The molecule has 130 valence electrons. The van der Waals surface area contributed by atoms with Crippen LogP contribution in [0.25, 0.3) is 0 Å². The number of nitrogens with one attached hydrogen (secondary N) is 1. The van der Waals surface area contributed by atoms with Crippen molar-refractivity contribution in [1.82, 2.24) is 10.3 Å². The summed E-state index contributed by atoms with van der Waals surface area (Å²) >= 11 is 0. The van der Waals surface area contributed by atoms with E-state index in [4.69, 9.17) is 4.42 Å². The summed E-state index contributed by atoms with van der Waals surface area (Å²) in [5.74, 6) is -0.401. The number of nitrogens with zero attached hydrogens (tertiary/aromatic N) is 1. The lowest BCUT2D eigenvalue weighted by atomic mass is 10.2. The van der Waals surface area contributed by atoms with Gasteiger partial charge in [-0.1, -0.05) is 0 Å². The molecule has 0 saturated heterocycles. The zero-order valence-corrected chi connectivity index (χ0v) is 13.2. The first-order chi connectivity index (χ1) is 11.1. The summed E-state index contributed by atoms with van der Waals surface area (Å²) in [6.07, 6.45) is 2.61. The Morgan fingerprint density at radius 3 is 2.62 bits per heavy atom. The third kappa shape index (κ3) is 3.75. The summed E-state index contributed by atoms with van der Waals surface area (Å²) in [5, 5.41) is 1.11. The molecule has 0 aliphatic carbocycles. The molecule has 1 atom stereocenters. The number of pyridine rings is 1. The number of carbonyl (C=O) groups excluding carboxylic acids is 1. The van der Waals surface area contributed by atoms with Crippen LogP contribution in [0.1, 0.15) is 23.0 Å². The van der Waals surface area contributed by atoms with Gasteiger partial charge in [-0.3, -0.25) is 4.79 Å². The van der Waals surface area contributed by atoms with Gasteiger partial charge in [0.25, 0.3) is 15.7 Å². The fourth-order valence-corrected chi connectivity index (χ4v) is 2.84. The van der Waals surface area contributed by atoms with Crippen LogP contribution in [0.3, 0.4) is 0 Å². The van der Waals surface area contributed by atoms with Crippen LogP contribution in [0.15, 0.2) is 46.2 Å². The van der Waals surface area contributed by atoms with Crippen LogP contribution < -0.4 is 5.32 Å². The number of hydrogen-bond acceptors (Lipinski definition) is 5. The molecule has 0 aromatic carbocycles. The van der Waals surface area contributed by atoms with Gasteiger partial charge in [0.1, 0.15) is 5.76 Å². The van der Waals surface area contributed by atoms with E-state index in [9.17, 15) is 26.4 Å². The van der Waals surface area contributed by atoms with E-state index in [1.807, 2.05) is 0 Å². The number of rotatable bonds is 5. The van der Waals surface area contributed by atoms with Gasteiger partial charge in [0.05, 0.1) is 11.8 Å². The van der Waals surface area contributed by atoms with Crippen LogP contribution >= 0.6 is 0 Å². The SMILES string of the molecule is CC(Cc1ccco1)NC(=O)c1cccnc1S(=O)(=O)C(F)(F)F. The van der Waals surface area contributed by atoms with Gasteiger partial charge in [0.15, 0.2) is 5.03 Å². The summed E-state index contributed by atoms with van der Waals surface area (Å²) in [5.41, 5.74) is -6.21. The number of sulfone groups is 1. The first-order valence-corrected chi connectivity index (χ1v) is 8.21. The summed E-state index contributed by atoms with van der Waals surface area (Å²) in [4.78, 5) is 15.4. The quantitative estimate of drug-likeness (QED) is 0.882. The van der Waals surface area contributed by atoms with Gasteiger partial charge in [0, 0.05) is 18.7 Å². The number of alkyl halides is 3. The third-order valence-corrected chi connectivity index (χ3v) is 4.48. The maximum Gasteiger partial charge on any atom is 0.503 e. The molecule has 0 bridgehead atoms. The standard InChI is InChI=1S/C14H13F3N2O4S/c1-9(8-10-4-3-7-23-10)19-12(20)11-5-2-6-18-13(11)24(21,22)14(15,16)17/h2-7,9H,8H2,1H3,(H,19,20). The van der Waals surface area contributed by atoms with Crippen molar-refractivity contribution in [3.8, 4) is 0 Å². The van der Waals surface area contributed by atoms with Crippen LogP contribution in [0.4, 0.5) is 13.2 Å². The average molecular weight is 362 g/mol. The normalized spacial score (nSPS) is 13.5. The Morgan fingerprint density at radius 2 is 2.04 bits per heavy atom. The van der Waals surface area contributed by atoms with E-state index in [0.717, 1.165) is 12.3 Å². The average Bonchev–Trinajstić information content (AvgIpc) is 2.98. The summed E-state index contributed by atoms with van der Waals surface area (Å²) < 4.78 is 66.3. The Balaban J connectivity index is 2.25. The van der Waals surface area contributed by atoms with E-state index < -0.39 is 37.9 Å². The summed E-state index contributed by atoms with van der Waals surface area (Å²) in [6, 6.07) is 4.98. The van der Waals surface area contributed by atoms with Crippen molar-refractivity contribution in [2.75, 3.05) is 0 Å². The molecule has 0 fully saturated rings.